The molecule has 0 atom stereocenters. The van der Waals surface area contributed by atoms with Crippen molar-refractivity contribution >= 4 is 32.1 Å². The Bertz CT molecular complexity index is 526. The molecule has 0 saturated carbocycles. The molecule has 9 nitrogen and oxygen atoms in total. The van der Waals surface area contributed by atoms with Gasteiger partial charge in [-0.3, -0.25) is 24.0 Å². The van der Waals surface area contributed by atoms with Crippen LogP contribution in [-0.2, 0) is 29.8 Å². The third-order valence-corrected chi connectivity index (χ3v) is 3.30. The number of hydrogen-bond donors (Lipinski definition) is 3. The number of nitrogens with one attached hydrogen (secondary N) is 1. The molecule has 0 bridgehead atoms. The van der Waals surface area contributed by atoms with E-state index in [0.29, 0.717) is 0 Å². The molecule has 0 radical (unpaired) electrons. The van der Waals surface area contributed by atoms with Crippen LogP contribution in [0.25, 0.3) is 0 Å². The predicted octanol–water partition coefficient (Wildman–Crippen LogP) is -2.37. The normalized spacial score (nSPS) is 18.3. The first-order valence-corrected chi connectivity index (χ1v) is 5.98. The number of hydrogen-bond acceptors (Lipinski definition) is 6. The highest BCUT2D eigenvalue weighted by atomic mass is 32.2. The number of rotatable bonds is 2. The van der Waals surface area contributed by atoms with Gasteiger partial charge in [0.1, 0.15) is 0 Å². The molecule has 84 valence electrons. The zero-order valence-corrected chi connectivity index (χ0v) is 8.29. The topological polar surface area (TPSA) is 155 Å². The van der Waals surface area contributed by atoms with E-state index in [1.54, 1.807) is 0 Å². The van der Waals surface area contributed by atoms with Crippen LogP contribution in [0.3, 0.4) is 0 Å². The standard InChI is InChI=1S/C4H3NO8S2/c6-3-1(14(8,9)10)2(4(7)5-3)15(11,12)13/h(H,5,6,7)(H,8,9,10)(H,11,12,13). The van der Waals surface area contributed by atoms with E-state index in [4.69, 9.17) is 9.11 Å². The van der Waals surface area contributed by atoms with E-state index in [0.717, 1.165) is 0 Å². The lowest BCUT2D eigenvalue weighted by Crippen LogP contribution is -2.25. The number of carbonyl (C=O) groups excluding carboxylic acids is 2. The van der Waals surface area contributed by atoms with E-state index in [1.807, 2.05) is 0 Å². The minimum Gasteiger partial charge on any atom is -0.287 e. The zero-order valence-electron chi connectivity index (χ0n) is 6.66. The molecule has 0 unspecified atom stereocenters. The zero-order chi connectivity index (χ0) is 12.0. The van der Waals surface area contributed by atoms with Crippen LogP contribution >= 0.6 is 0 Å². The molecule has 15 heavy (non-hydrogen) atoms. The molecule has 3 N–H and O–H groups in total. The molecule has 0 spiro atoms. The van der Waals surface area contributed by atoms with Crippen molar-refractivity contribution in [3.63, 3.8) is 0 Å². The van der Waals surface area contributed by atoms with Gasteiger partial charge in [-0.2, -0.15) is 16.8 Å². The van der Waals surface area contributed by atoms with Crippen molar-refractivity contribution in [3.8, 4) is 0 Å². The van der Waals surface area contributed by atoms with Crippen LogP contribution in [0.2, 0.25) is 0 Å². The van der Waals surface area contributed by atoms with E-state index < -0.39 is 41.9 Å². The maximum atomic E-state index is 10.8. The van der Waals surface area contributed by atoms with Crippen molar-refractivity contribution in [2.75, 3.05) is 0 Å². The Morgan fingerprint density at radius 3 is 1.27 bits per heavy atom. The summed E-state index contributed by atoms with van der Waals surface area (Å²) in [5, 5.41) is 1.30. The molecule has 1 rings (SSSR count). The molecule has 0 aromatic heterocycles. The fourth-order valence-corrected chi connectivity index (χ4v) is 2.75. The number of amides is 2. The Kier molecular flexibility index (Phi) is 2.43. The second-order valence-electron chi connectivity index (χ2n) is 2.39. The van der Waals surface area contributed by atoms with E-state index in [2.05, 4.69) is 0 Å². The van der Waals surface area contributed by atoms with Crippen molar-refractivity contribution in [2.45, 2.75) is 0 Å². The highest BCUT2D eigenvalue weighted by Gasteiger charge is 2.44. The minimum absolute atomic E-state index is 1.30. The molecule has 1 heterocycles. The van der Waals surface area contributed by atoms with Crippen LogP contribution in [0.1, 0.15) is 0 Å². The van der Waals surface area contributed by atoms with E-state index in [-0.39, 0.29) is 0 Å². The average molecular weight is 257 g/mol. The van der Waals surface area contributed by atoms with E-state index >= 15 is 0 Å². The van der Waals surface area contributed by atoms with Crippen LogP contribution < -0.4 is 5.32 Å². The monoisotopic (exact) mass is 257 g/mol. The second kappa shape index (κ2) is 3.10. The van der Waals surface area contributed by atoms with Gasteiger partial charge in [-0.1, -0.05) is 0 Å². The van der Waals surface area contributed by atoms with Gasteiger partial charge < -0.3 is 0 Å². The van der Waals surface area contributed by atoms with Crippen molar-refractivity contribution < 1.29 is 35.5 Å². The first-order valence-electron chi connectivity index (χ1n) is 3.10. The van der Waals surface area contributed by atoms with Crippen molar-refractivity contribution in [3.05, 3.63) is 9.81 Å². The van der Waals surface area contributed by atoms with Gasteiger partial charge in [0.05, 0.1) is 0 Å². The SMILES string of the molecule is O=C1NC(=O)C(S(=O)(=O)O)=C1S(=O)(=O)O. The van der Waals surface area contributed by atoms with Gasteiger partial charge in [0.15, 0.2) is 9.81 Å². The average Bonchev–Trinajstić information content (AvgIpc) is 2.22. The molecule has 1 aliphatic heterocycles. The van der Waals surface area contributed by atoms with Crippen LogP contribution in [-0.4, -0.2) is 37.8 Å². The lowest BCUT2D eigenvalue weighted by Gasteiger charge is -1.95. The Labute approximate surface area is 83.3 Å². The van der Waals surface area contributed by atoms with Gasteiger partial charge in [0.2, 0.25) is 0 Å². The summed E-state index contributed by atoms with van der Waals surface area (Å²) in [6.45, 7) is 0. The Morgan fingerprint density at radius 2 is 1.07 bits per heavy atom. The van der Waals surface area contributed by atoms with Crippen LogP contribution in [0.4, 0.5) is 0 Å². The molecule has 0 aromatic carbocycles. The maximum Gasteiger partial charge on any atom is 0.301 e. The van der Waals surface area contributed by atoms with Gasteiger partial charge >= 0.3 is 20.2 Å². The van der Waals surface area contributed by atoms with Crippen LogP contribution in [0, 0.1) is 0 Å². The maximum absolute atomic E-state index is 10.8. The summed E-state index contributed by atoms with van der Waals surface area (Å²) >= 11 is 0. The lowest BCUT2D eigenvalue weighted by molar-refractivity contribution is -0.123. The van der Waals surface area contributed by atoms with Crippen LogP contribution in [0.5, 0.6) is 0 Å². The highest BCUT2D eigenvalue weighted by molar-refractivity contribution is 7.95. The molecule has 0 aromatic rings. The second-order valence-corrected chi connectivity index (χ2v) is 5.11. The fourth-order valence-electron chi connectivity index (χ4n) is 0.891. The highest BCUT2D eigenvalue weighted by Crippen LogP contribution is 2.21. The molecule has 0 aliphatic carbocycles. The Morgan fingerprint density at radius 1 is 0.800 bits per heavy atom. The summed E-state index contributed by atoms with van der Waals surface area (Å²) in [4.78, 5) is 18.2. The smallest absolute Gasteiger partial charge is 0.287 e. The molecule has 1 aliphatic rings. The summed E-state index contributed by atoms with van der Waals surface area (Å²) < 4.78 is 59.2. The van der Waals surface area contributed by atoms with E-state index in [1.165, 1.54) is 5.32 Å². The third kappa shape index (κ3) is 2.04. The third-order valence-electron chi connectivity index (χ3n) is 1.36. The van der Waals surface area contributed by atoms with Crippen LogP contribution in [0.15, 0.2) is 9.81 Å². The quantitative estimate of drug-likeness (QED) is 0.366. The number of carbonyl (C=O) groups is 2. The fraction of sp³-hybridized carbons (Fsp3) is 0. The summed E-state index contributed by atoms with van der Waals surface area (Å²) in [6, 6.07) is 0. The number of imide groups is 1. The molecule has 2 amide bonds. The first-order chi connectivity index (χ1) is 6.55. The summed E-state index contributed by atoms with van der Waals surface area (Å²) in [7, 11) is -10.4. The van der Waals surface area contributed by atoms with Crippen molar-refractivity contribution in [2.24, 2.45) is 0 Å². The van der Waals surface area contributed by atoms with Gasteiger partial charge in [-0.25, -0.2) is 0 Å². The Balaban J connectivity index is 3.73. The predicted molar refractivity (Wildman–Crippen MR) is 43.3 cm³/mol. The van der Waals surface area contributed by atoms with Gasteiger partial charge in [-0.15, -0.1) is 0 Å². The molecular formula is C4H3NO8S2. The van der Waals surface area contributed by atoms with Gasteiger partial charge in [0, 0.05) is 0 Å². The largest absolute Gasteiger partial charge is 0.301 e. The van der Waals surface area contributed by atoms with E-state index in [9.17, 15) is 26.4 Å². The van der Waals surface area contributed by atoms with Gasteiger partial charge in [-0.05, 0) is 0 Å². The molecule has 0 fully saturated rings. The lowest BCUT2D eigenvalue weighted by atomic mass is 10.5. The summed E-state index contributed by atoms with van der Waals surface area (Å²) in [5.74, 6) is -3.23. The van der Waals surface area contributed by atoms with Crippen molar-refractivity contribution in [1.82, 2.24) is 5.32 Å². The summed E-state index contributed by atoms with van der Waals surface area (Å²) in [6.07, 6.45) is 0. The summed E-state index contributed by atoms with van der Waals surface area (Å²) in [5.41, 5.74) is 0. The minimum atomic E-state index is -5.21. The van der Waals surface area contributed by atoms with Crippen molar-refractivity contribution in [1.29, 1.82) is 0 Å². The first kappa shape index (κ1) is 11.8. The molecule has 0 saturated heterocycles. The molecule has 11 heteroatoms. The molecular weight excluding hydrogens is 254 g/mol. The Hall–Kier alpha value is -1.30. The van der Waals surface area contributed by atoms with Gasteiger partial charge in [0.25, 0.3) is 11.8 Å².